The number of benzene rings is 2. The Morgan fingerprint density at radius 2 is 2.08 bits per heavy atom. The SMILES string of the molecule is O=C(O)C[C@@H]1CCc2cc(Oc3nccc4ccccc34)ccc21. The van der Waals surface area contributed by atoms with Crippen molar-refractivity contribution in [1.82, 2.24) is 4.98 Å². The zero-order valence-corrected chi connectivity index (χ0v) is 13.1. The van der Waals surface area contributed by atoms with Crippen molar-refractivity contribution in [2.75, 3.05) is 0 Å². The lowest BCUT2D eigenvalue weighted by Crippen LogP contribution is -2.03. The van der Waals surface area contributed by atoms with Gasteiger partial charge in [-0.3, -0.25) is 4.79 Å². The van der Waals surface area contributed by atoms with E-state index in [0.29, 0.717) is 5.88 Å². The number of nitrogens with zero attached hydrogens (tertiary/aromatic N) is 1. The molecule has 0 radical (unpaired) electrons. The van der Waals surface area contributed by atoms with Crippen LogP contribution in [0.4, 0.5) is 0 Å². The second-order valence-corrected chi connectivity index (χ2v) is 6.13. The Labute approximate surface area is 139 Å². The van der Waals surface area contributed by atoms with Gasteiger partial charge in [-0.25, -0.2) is 4.98 Å². The zero-order chi connectivity index (χ0) is 16.5. The van der Waals surface area contributed by atoms with Gasteiger partial charge in [0.25, 0.3) is 0 Å². The monoisotopic (exact) mass is 319 g/mol. The fourth-order valence-electron chi connectivity index (χ4n) is 3.45. The molecule has 24 heavy (non-hydrogen) atoms. The zero-order valence-electron chi connectivity index (χ0n) is 13.1. The van der Waals surface area contributed by atoms with E-state index in [-0.39, 0.29) is 12.3 Å². The predicted molar refractivity (Wildman–Crippen MR) is 91.6 cm³/mol. The normalized spacial score (nSPS) is 16.1. The van der Waals surface area contributed by atoms with E-state index in [1.165, 1.54) is 5.56 Å². The molecular formula is C20H17NO3. The maximum atomic E-state index is 11.0. The molecule has 0 bridgehead atoms. The van der Waals surface area contributed by atoms with E-state index in [1.54, 1.807) is 6.20 Å². The van der Waals surface area contributed by atoms with Crippen molar-refractivity contribution in [3.05, 3.63) is 65.9 Å². The van der Waals surface area contributed by atoms with Gasteiger partial charge in [0, 0.05) is 11.6 Å². The van der Waals surface area contributed by atoms with Gasteiger partial charge in [0.2, 0.25) is 5.88 Å². The molecule has 0 saturated heterocycles. The minimum absolute atomic E-state index is 0.113. The second-order valence-electron chi connectivity index (χ2n) is 6.13. The molecule has 120 valence electrons. The van der Waals surface area contributed by atoms with Gasteiger partial charge in [-0.15, -0.1) is 0 Å². The van der Waals surface area contributed by atoms with Gasteiger partial charge < -0.3 is 9.84 Å². The van der Waals surface area contributed by atoms with Crippen molar-refractivity contribution in [3.63, 3.8) is 0 Å². The van der Waals surface area contributed by atoms with E-state index in [9.17, 15) is 4.79 Å². The first kappa shape index (κ1) is 14.7. The van der Waals surface area contributed by atoms with Crippen molar-refractivity contribution in [1.29, 1.82) is 0 Å². The highest BCUT2D eigenvalue weighted by atomic mass is 16.5. The minimum atomic E-state index is -0.742. The summed E-state index contributed by atoms with van der Waals surface area (Å²) in [7, 11) is 0. The number of ether oxygens (including phenoxy) is 1. The molecule has 1 heterocycles. The number of aryl methyl sites for hydroxylation is 1. The average molecular weight is 319 g/mol. The highest BCUT2D eigenvalue weighted by Gasteiger charge is 2.25. The standard InChI is InChI=1S/C20H17NO3/c22-19(23)12-15-6-5-14-11-16(7-8-17(14)15)24-20-18-4-2-1-3-13(18)9-10-21-20/h1-4,7-11,15H,5-6,12H2,(H,22,23)/t15-/m0/s1. The van der Waals surface area contributed by atoms with Gasteiger partial charge in [-0.1, -0.05) is 24.3 Å². The van der Waals surface area contributed by atoms with Crippen molar-refractivity contribution in [2.45, 2.75) is 25.2 Å². The number of aliphatic carboxylic acids is 1. The van der Waals surface area contributed by atoms with Crippen LogP contribution < -0.4 is 4.74 Å². The molecule has 4 heteroatoms. The Balaban J connectivity index is 1.63. The molecule has 4 rings (SSSR count). The molecule has 1 aliphatic rings. The first-order valence-corrected chi connectivity index (χ1v) is 8.07. The van der Waals surface area contributed by atoms with E-state index in [0.717, 1.165) is 34.9 Å². The smallest absolute Gasteiger partial charge is 0.303 e. The van der Waals surface area contributed by atoms with Crippen molar-refractivity contribution >= 4 is 16.7 Å². The van der Waals surface area contributed by atoms with Crippen LogP contribution in [0.5, 0.6) is 11.6 Å². The number of hydrogen-bond donors (Lipinski definition) is 1. The molecule has 0 fully saturated rings. The lowest BCUT2D eigenvalue weighted by atomic mass is 9.98. The summed E-state index contributed by atoms with van der Waals surface area (Å²) in [5.41, 5.74) is 2.31. The Morgan fingerprint density at radius 1 is 1.21 bits per heavy atom. The summed E-state index contributed by atoms with van der Waals surface area (Å²) in [4.78, 5) is 15.3. The molecule has 4 nitrogen and oxygen atoms in total. The molecule has 2 aromatic carbocycles. The summed E-state index contributed by atoms with van der Waals surface area (Å²) in [5.74, 6) is 0.706. The van der Waals surface area contributed by atoms with Gasteiger partial charge in [0.05, 0.1) is 6.42 Å². The van der Waals surface area contributed by atoms with Gasteiger partial charge >= 0.3 is 5.97 Å². The number of aromatic nitrogens is 1. The van der Waals surface area contributed by atoms with Crippen LogP contribution in [-0.2, 0) is 11.2 Å². The largest absolute Gasteiger partial charge is 0.481 e. The summed E-state index contributed by atoms with van der Waals surface area (Å²) in [5, 5.41) is 11.1. The third kappa shape index (κ3) is 2.71. The number of rotatable bonds is 4. The van der Waals surface area contributed by atoms with Crippen LogP contribution in [0.3, 0.4) is 0 Å². The molecule has 0 spiro atoms. The van der Waals surface area contributed by atoms with Crippen molar-refractivity contribution in [2.24, 2.45) is 0 Å². The van der Waals surface area contributed by atoms with Crippen LogP contribution in [0.2, 0.25) is 0 Å². The molecule has 0 saturated carbocycles. The molecule has 1 aromatic heterocycles. The maximum Gasteiger partial charge on any atom is 0.303 e. The number of fused-ring (bicyclic) bond motifs is 2. The average Bonchev–Trinajstić information content (AvgIpc) is 2.97. The van der Waals surface area contributed by atoms with Gasteiger partial charge in [0.1, 0.15) is 5.75 Å². The quantitative estimate of drug-likeness (QED) is 0.767. The molecular weight excluding hydrogens is 302 g/mol. The first-order valence-electron chi connectivity index (χ1n) is 8.07. The highest BCUT2D eigenvalue weighted by Crippen LogP contribution is 2.38. The minimum Gasteiger partial charge on any atom is -0.481 e. The number of pyridine rings is 1. The van der Waals surface area contributed by atoms with Crippen LogP contribution in [0.25, 0.3) is 10.8 Å². The van der Waals surface area contributed by atoms with E-state index in [4.69, 9.17) is 9.84 Å². The third-order valence-electron chi connectivity index (χ3n) is 4.59. The Hall–Kier alpha value is -2.88. The molecule has 0 aliphatic heterocycles. The lowest BCUT2D eigenvalue weighted by Gasteiger charge is -2.11. The maximum absolute atomic E-state index is 11.0. The Kier molecular flexibility index (Phi) is 3.65. The molecule has 3 aromatic rings. The van der Waals surface area contributed by atoms with Crippen LogP contribution >= 0.6 is 0 Å². The third-order valence-corrected chi connectivity index (χ3v) is 4.59. The van der Waals surface area contributed by atoms with Crippen LogP contribution in [0, 0.1) is 0 Å². The van der Waals surface area contributed by atoms with Crippen LogP contribution in [0.1, 0.15) is 29.9 Å². The lowest BCUT2D eigenvalue weighted by molar-refractivity contribution is -0.137. The summed E-state index contributed by atoms with van der Waals surface area (Å²) in [6.07, 6.45) is 3.72. The fourth-order valence-corrected chi connectivity index (χ4v) is 3.45. The number of hydrogen-bond acceptors (Lipinski definition) is 3. The van der Waals surface area contributed by atoms with Gasteiger partial charge in [-0.2, -0.15) is 0 Å². The summed E-state index contributed by atoms with van der Waals surface area (Å²) >= 11 is 0. The van der Waals surface area contributed by atoms with E-state index < -0.39 is 5.97 Å². The van der Waals surface area contributed by atoms with Crippen molar-refractivity contribution < 1.29 is 14.6 Å². The van der Waals surface area contributed by atoms with Crippen LogP contribution in [0.15, 0.2) is 54.7 Å². The predicted octanol–water partition coefficient (Wildman–Crippen LogP) is 4.53. The molecule has 0 amide bonds. The van der Waals surface area contributed by atoms with Crippen LogP contribution in [-0.4, -0.2) is 16.1 Å². The summed E-state index contributed by atoms with van der Waals surface area (Å²) in [6, 6.07) is 15.9. The van der Waals surface area contributed by atoms with Gasteiger partial charge in [0.15, 0.2) is 0 Å². The van der Waals surface area contributed by atoms with Crippen molar-refractivity contribution in [3.8, 4) is 11.6 Å². The van der Waals surface area contributed by atoms with E-state index >= 15 is 0 Å². The van der Waals surface area contributed by atoms with Gasteiger partial charge in [-0.05, 0) is 59.5 Å². The van der Waals surface area contributed by atoms with E-state index in [1.807, 2.05) is 48.5 Å². The number of carboxylic acids is 1. The molecule has 0 unspecified atom stereocenters. The topological polar surface area (TPSA) is 59.4 Å². The second kappa shape index (κ2) is 5.96. The number of carbonyl (C=O) groups is 1. The first-order chi connectivity index (χ1) is 11.7. The molecule has 1 aliphatic carbocycles. The number of carboxylic acid groups (broad SMARTS) is 1. The molecule has 1 atom stereocenters. The Bertz CT molecular complexity index is 914. The highest BCUT2D eigenvalue weighted by molar-refractivity contribution is 5.86. The summed E-state index contributed by atoms with van der Waals surface area (Å²) < 4.78 is 6.01. The Morgan fingerprint density at radius 3 is 2.96 bits per heavy atom. The summed E-state index contributed by atoms with van der Waals surface area (Å²) in [6.45, 7) is 0. The molecule has 1 N–H and O–H groups in total. The van der Waals surface area contributed by atoms with E-state index in [2.05, 4.69) is 4.98 Å². The fraction of sp³-hybridized carbons (Fsp3) is 0.200.